The number of carbonyl (C=O) groups excluding carboxylic acids is 1. The van der Waals surface area contributed by atoms with Crippen molar-refractivity contribution in [2.75, 3.05) is 0 Å². The summed E-state index contributed by atoms with van der Waals surface area (Å²) in [5, 5.41) is 8.37. The number of pyridine rings is 1. The molecule has 0 aromatic carbocycles. The predicted octanol–water partition coefficient (Wildman–Crippen LogP) is 2.77. The van der Waals surface area contributed by atoms with Crippen molar-refractivity contribution in [3.8, 4) is 0 Å². The molecular formula is C17H22N4O. The zero-order valence-electron chi connectivity index (χ0n) is 13.6. The summed E-state index contributed by atoms with van der Waals surface area (Å²) in [5.41, 5.74) is 3.44. The van der Waals surface area contributed by atoms with Crippen LogP contribution in [0.2, 0.25) is 0 Å². The van der Waals surface area contributed by atoms with Gasteiger partial charge in [0.2, 0.25) is 5.91 Å². The first-order valence-electron chi connectivity index (χ1n) is 7.60. The van der Waals surface area contributed by atoms with Gasteiger partial charge in [-0.15, -0.1) is 0 Å². The molecule has 1 amide bonds. The van der Waals surface area contributed by atoms with Crippen LogP contribution < -0.4 is 5.32 Å². The van der Waals surface area contributed by atoms with Crippen LogP contribution >= 0.6 is 0 Å². The van der Waals surface area contributed by atoms with Gasteiger partial charge in [-0.2, -0.15) is 5.10 Å². The van der Waals surface area contributed by atoms with Crippen molar-refractivity contribution < 1.29 is 4.79 Å². The van der Waals surface area contributed by atoms with E-state index in [2.05, 4.69) is 37.8 Å². The van der Waals surface area contributed by atoms with E-state index in [9.17, 15) is 4.79 Å². The number of nitrogens with one attached hydrogen (secondary N) is 1. The average Bonchev–Trinajstić information content (AvgIpc) is 2.75. The third-order valence-electron chi connectivity index (χ3n) is 4.17. The monoisotopic (exact) mass is 298 g/mol. The van der Waals surface area contributed by atoms with Gasteiger partial charge in [0.05, 0.1) is 11.6 Å². The summed E-state index contributed by atoms with van der Waals surface area (Å²) in [4.78, 5) is 17.0. The molecule has 2 aromatic heterocycles. The summed E-state index contributed by atoms with van der Waals surface area (Å²) >= 11 is 0. The minimum atomic E-state index is -0.225. The van der Waals surface area contributed by atoms with Gasteiger partial charge in [0.25, 0.3) is 0 Å². The Bertz CT molecular complexity index is 767. The lowest BCUT2D eigenvalue weighted by Gasteiger charge is -2.22. The number of hydrogen-bond acceptors (Lipinski definition) is 3. The highest BCUT2D eigenvalue weighted by atomic mass is 16.2. The Kier molecular flexibility index (Phi) is 3.31. The van der Waals surface area contributed by atoms with Crippen LogP contribution in [0.5, 0.6) is 0 Å². The van der Waals surface area contributed by atoms with Crippen molar-refractivity contribution in [3.63, 3.8) is 0 Å². The summed E-state index contributed by atoms with van der Waals surface area (Å²) in [5.74, 6) is -0.243. The Balaban J connectivity index is 2.09. The van der Waals surface area contributed by atoms with Crippen molar-refractivity contribution in [2.45, 2.75) is 44.9 Å². The van der Waals surface area contributed by atoms with Crippen molar-refractivity contribution in [1.29, 1.82) is 0 Å². The fraction of sp³-hybridized carbons (Fsp3) is 0.471. The van der Waals surface area contributed by atoms with Crippen molar-refractivity contribution in [3.05, 3.63) is 35.8 Å². The Hall–Kier alpha value is -2.17. The minimum Gasteiger partial charge on any atom is -0.330 e. The van der Waals surface area contributed by atoms with Gasteiger partial charge in [-0.25, -0.2) is 4.98 Å². The third-order valence-corrected chi connectivity index (χ3v) is 4.17. The highest BCUT2D eigenvalue weighted by molar-refractivity contribution is 5.91. The summed E-state index contributed by atoms with van der Waals surface area (Å²) in [6, 6.07) is 4.08. The van der Waals surface area contributed by atoms with Crippen LogP contribution in [0, 0.1) is 0 Å². The van der Waals surface area contributed by atoms with E-state index in [0.29, 0.717) is 0 Å². The van der Waals surface area contributed by atoms with Gasteiger partial charge >= 0.3 is 0 Å². The minimum absolute atomic E-state index is 0.0153. The van der Waals surface area contributed by atoms with E-state index in [1.54, 1.807) is 4.68 Å². The summed E-state index contributed by atoms with van der Waals surface area (Å²) in [6.45, 7) is 10.2. The van der Waals surface area contributed by atoms with Crippen LogP contribution in [0.1, 0.15) is 50.9 Å². The number of carbonyl (C=O) groups is 1. The molecule has 2 aromatic rings. The van der Waals surface area contributed by atoms with Gasteiger partial charge in [0, 0.05) is 29.2 Å². The second kappa shape index (κ2) is 4.93. The molecule has 1 unspecified atom stereocenters. The Morgan fingerprint density at radius 3 is 2.73 bits per heavy atom. The fourth-order valence-electron chi connectivity index (χ4n) is 2.87. The molecule has 0 spiro atoms. The van der Waals surface area contributed by atoms with Gasteiger partial charge in [0.15, 0.2) is 5.65 Å². The van der Waals surface area contributed by atoms with Gasteiger partial charge in [-0.1, -0.05) is 27.4 Å². The Morgan fingerprint density at radius 1 is 1.36 bits per heavy atom. The zero-order chi connectivity index (χ0) is 16.1. The molecule has 5 heteroatoms. The molecule has 3 rings (SSSR count). The fourth-order valence-corrected chi connectivity index (χ4v) is 2.87. The van der Waals surface area contributed by atoms with E-state index in [0.717, 1.165) is 41.0 Å². The lowest BCUT2D eigenvalue weighted by molar-refractivity contribution is -0.122. The zero-order valence-corrected chi connectivity index (χ0v) is 13.6. The van der Waals surface area contributed by atoms with Gasteiger partial charge in [0.1, 0.15) is 0 Å². The highest BCUT2D eigenvalue weighted by Crippen LogP contribution is 2.32. The highest BCUT2D eigenvalue weighted by Gasteiger charge is 2.30. The largest absolute Gasteiger partial charge is 0.330 e. The normalized spacial score (nSPS) is 19.5. The summed E-state index contributed by atoms with van der Waals surface area (Å²) in [7, 11) is 1.88. The molecule has 22 heavy (non-hydrogen) atoms. The number of allylic oxidation sites excluding steroid dienone is 1. The van der Waals surface area contributed by atoms with Gasteiger partial charge in [-0.05, 0) is 25.0 Å². The maximum absolute atomic E-state index is 12.2. The molecule has 1 N–H and O–H groups in total. The molecule has 1 aliphatic rings. The van der Waals surface area contributed by atoms with Crippen LogP contribution in [-0.4, -0.2) is 20.7 Å². The van der Waals surface area contributed by atoms with E-state index < -0.39 is 0 Å². The second-order valence-corrected chi connectivity index (χ2v) is 7.01. The average molecular weight is 298 g/mol. The maximum atomic E-state index is 12.2. The van der Waals surface area contributed by atoms with Crippen LogP contribution in [0.4, 0.5) is 0 Å². The molecule has 3 heterocycles. The van der Waals surface area contributed by atoms with Crippen LogP contribution in [0.25, 0.3) is 11.0 Å². The number of aromatic nitrogens is 3. The molecule has 1 atom stereocenters. The first kappa shape index (κ1) is 14.8. The SMILES string of the molecule is C=C1CCC(c2nn(C)c3nc(C(C)(C)C)ccc23)C(=O)N1. The molecule has 0 bridgehead atoms. The molecule has 0 saturated carbocycles. The summed E-state index contributed by atoms with van der Waals surface area (Å²) < 4.78 is 1.77. The first-order chi connectivity index (χ1) is 10.3. The molecular weight excluding hydrogens is 276 g/mol. The van der Waals surface area contributed by atoms with Crippen LogP contribution in [-0.2, 0) is 17.3 Å². The van der Waals surface area contributed by atoms with Gasteiger partial charge < -0.3 is 5.32 Å². The van der Waals surface area contributed by atoms with Crippen molar-refractivity contribution >= 4 is 16.9 Å². The van der Waals surface area contributed by atoms with Crippen molar-refractivity contribution in [1.82, 2.24) is 20.1 Å². The number of piperidine rings is 1. The second-order valence-electron chi connectivity index (χ2n) is 7.01. The Morgan fingerprint density at radius 2 is 2.09 bits per heavy atom. The predicted molar refractivity (Wildman–Crippen MR) is 86.5 cm³/mol. The smallest absolute Gasteiger partial charge is 0.233 e. The molecule has 0 radical (unpaired) electrons. The van der Waals surface area contributed by atoms with E-state index in [-0.39, 0.29) is 17.2 Å². The van der Waals surface area contributed by atoms with Crippen LogP contribution in [0.15, 0.2) is 24.4 Å². The molecule has 1 aliphatic heterocycles. The quantitative estimate of drug-likeness (QED) is 0.880. The lowest BCUT2D eigenvalue weighted by atomic mass is 9.90. The Labute approximate surface area is 130 Å². The van der Waals surface area contributed by atoms with E-state index in [1.165, 1.54) is 0 Å². The number of rotatable bonds is 1. The molecule has 1 saturated heterocycles. The molecule has 0 aliphatic carbocycles. The number of nitrogens with zero attached hydrogens (tertiary/aromatic N) is 3. The first-order valence-corrected chi connectivity index (χ1v) is 7.60. The standard InChI is InChI=1S/C17H22N4O/c1-10-6-7-12(16(22)18-10)14-11-8-9-13(17(2,3)4)19-15(11)21(5)20-14/h8-9,12H,1,6-7H2,2-5H3,(H,18,22). The van der Waals surface area contributed by atoms with E-state index in [4.69, 9.17) is 4.98 Å². The van der Waals surface area contributed by atoms with Crippen LogP contribution in [0.3, 0.4) is 0 Å². The van der Waals surface area contributed by atoms with Crippen molar-refractivity contribution in [2.24, 2.45) is 7.05 Å². The number of fused-ring (bicyclic) bond motifs is 1. The molecule has 5 nitrogen and oxygen atoms in total. The molecule has 1 fully saturated rings. The van der Waals surface area contributed by atoms with E-state index in [1.807, 2.05) is 19.2 Å². The number of amides is 1. The van der Waals surface area contributed by atoms with Gasteiger partial charge in [-0.3, -0.25) is 9.48 Å². The topological polar surface area (TPSA) is 59.8 Å². The maximum Gasteiger partial charge on any atom is 0.233 e. The molecule has 116 valence electrons. The number of hydrogen-bond donors (Lipinski definition) is 1. The lowest BCUT2D eigenvalue weighted by Crippen LogP contribution is -2.33. The number of aryl methyl sites for hydroxylation is 1. The van der Waals surface area contributed by atoms with E-state index >= 15 is 0 Å². The third kappa shape index (κ3) is 2.40. The summed E-state index contributed by atoms with van der Waals surface area (Å²) in [6.07, 6.45) is 1.54.